The zero-order valence-electron chi connectivity index (χ0n) is 13.0. The zero-order valence-corrected chi connectivity index (χ0v) is 13.0. The third-order valence-corrected chi connectivity index (χ3v) is 6.85. The number of ketones is 1. The highest BCUT2D eigenvalue weighted by atomic mass is 16.3. The molecule has 1 N–H and O–H groups in total. The molecule has 4 aliphatic carbocycles. The predicted molar refractivity (Wildman–Crippen MR) is 82.7 cm³/mol. The molecule has 0 unspecified atom stereocenters. The van der Waals surface area contributed by atoms with Gasteiger partial charge in [0.05, 0.1) is 6.10 Å². The molecule has 0 aliphatic heterocycles. The number of hydrogen-bond acceptors (Lipinski definition) is 2. The smallest absolute Gasteiger partial charge is 0.156 e. The second-order valence-corrected chi connectivity index (χ2v) is 7.81. The molecule has 0 saturated heterocycles. The fourth-order valence-corrected chi connectivity index (χ4v) is 5.30. The molecule has 0 aromatic rings. The average molecular weight is 284 g/mol. The molecule has 2 heteroatoms. The van der Waals surface area contributed by atoms with Crippen LogP contribution in [0.15, 0.2) is 34.9 Å². The molecule has 0 heterocycles. The summed E-state index contributed by atoms with van der Waals surface area (Å²) in [7, 11) is 0. The maximum absolute atomic E-state index is 11.7. The number of hydrogen-bond donors (Lipinski definition) is 1. The number of fused-ring (bicyclic) bond motifs is 4. The molecule has 4 atom stereocenters. The van der Waals surface area contributed by atoms with E-state index in [2.05, 4.69) is 26.0 Å². The van der Waals surface area contributed by atoms with E-state index in [-0.39, 0.29) is 22.7 Å². The zero-order chi connectivity index (χ0) is 14.8. The number of carbonyl (C=O) groups excluding carboxylic acids is 1. The first-order chi connectivity index (χ1) is 9.95. The van der Waals surface area contributed by atoms with Gasteiger partial charge < -0.3 is 5.11 Å². The Hall–Kier alpha value is -1.15. The van der Waals surface area contributed by atoms with Crippen molar-refractivity contribution in [2.45, 2.75) is 58.5 Å². The lowest BCUT2D eigenvalue weighted by Gasteiger charge is -2.50. The highest BCUT2D eigenvalue weighted by molar-refractivity contribution is 5.92. The molecule has 0 amide bonds. The van der Waals surface area contributed by atoms with Crippen LogP contribution in [0, 0.1) is 16.7 Å². The van der Waals surface area contributed by atoms with Crippen molar-refractivity contribution in [3.05, 3.63) is 34.9 Å². The van der Waals surface area contributed by atoms with E-state index in [0.717, 1.165) is 32.1 Å². The van der Waals surface area contributed by atoms with E-state index < -0.39 is 0 Å². The van der Waals surface area contributed by atoms with Gasteiger partial charge in [-0.05, 0) is 60.7 Å². The van der Waals surface area contributed by atoms with Crippen LogP contribution >= 0.6 is 0 Å². The summed E-state index contributed by atoms with van der Waals surface area (Å²) in [6.07, 6.45) is 12.0. The van der Waals surface area contributed by atoms with Crippen LogP contribution in [-0.4, -0.2) is 17.0 Å². The first-order valence-corrected chi connectivity index (χ1v) is 8.30. The summed E-state index contributed by atoms with van der Waals surface area (Å²) in [5.41, 5.74) is 4.34. The summed E-state index contributed by atoms with van der Waals surface area (Å²) >= 11 is 0. The maximum Gasteiger partial charge on any atom is 0.156 e. The van der Waals surface area contributed by atoms with Gasteiger partial charge in [-0.25, -0.2) is 0 Å². The molecule has 0 aromatic heterocycles. The van der Waals surface area contributed by atoms with Crippen LogP contribution in [0.4, 0.5) is 0 Å². The highest BCUT2D eigenvalue weighted by Crippen LogP contribution is 2.60. The summed E-state index contributed by atoms with van der Waals surface area (Å²) in [5.74, 6) is 0.815. The van der Waals surface area contributed by atoms with Gasteiger partial charge in [-0.15, -0.1) is 0 Å². The quantitative estimate of drug-likeness (QED) is 0.736. The molecule has 0 bridgehead atoms. The van der Waals surface area contributed by atoms with Gasteiger partial charge in [0.1, 0.15) is 0 Å². The van der Waals surface area contributed by atoms with E-state index in [1.54, 1.807) is 0 Å². The Morgan fingerprint density at radius 2 is 1.90 bits per heavy atom. The summed E-state index contributed by atoms with van der Waals surface area (Å²) in [4.78, 5) is 11.7. The van der Waals surface area contributed by atoms with Crippen molar-refractivity contribution < 1.29 is 9.90 Å². The van der Waals surface area contributed by atoms with Crippen molar-refractivity contribution >= 4 is 5.78 Å². The number of rotatable bonds is 0. The van der Waals surface area contributed by atoms with Crippen molar-refractivity contribution in [2.75, 3.05) is 0 Å². The Bertz CT molecular complexity index is 609. The minimum atomic E-state index is -0.174. The Morgan fingerprint density at radius 3 is 2.71 bits per heavy atom. The van der Waals surface area contributed by atoms with E-state index in [1.807, 2.05) is 6.08 Å². The van der Waals surface area contributed by atoms with E-state index in [4.69, 9.17) is 0 Å². The molecule has 4 aliphatic rings. The molecule has 1 saturated carbocycles. The van der Waals surface area contributed by atoms with Crippen molar-refractivity contribution in [1.29, 1.82) is 0 Å². The Labute approximate surface area is 126 Å². The Balaban J connectivity index is 1.87. The summed E-state index contributed by atoms with van der Waals surface area (Å²) in [5, 5.41) is 10.4. The molecular formula is C19H24O2. The number of aliphatic hydroxyl groups excluding tert-OH is 1. The standard InChI is InChI=1S/C19H24O2/c1-18-9-7-13(20)11-12(18)3-4-14-15-5-6-17(21)19(15,2)10-8-16(14)18/h3-4,11,16-17,21H,5-10H2,1-2H3/t16-,17-,18-,19-/m0/s1. The van der Waals surface area contributed by atoms with Gasteiger partial charge in [-0.1, -0.05) is 31.6 Å². The average Bonchev–Trinajstić information content (AvgIpc) is 2.76. The first-order valence-electron chi connectivity index (χ1n) is 8.30. The lowest BCUT2D eigenvalue weighted by molar-refractivity contribution is -0.116. The van der Waals surface area contributed by atoms with Crippen LogP contribution in [0.25, 0.3) is 0 Å². The molecule has 0 radical (unpaired) electrons. The van der Waals surface area contributed by atoms with E-state index in [1.165, 1.54) is 16.7 Å². The lowest BCUT2D eigenvalue weighted by Crippen LogP contribution is -2.41. The molecular weight excluding hydrogens is 260 g/mol. The summed E-state index contributed by atoms with van der Waals surface area (Å²) in [6.45, 7) is 4.59. The third kappa shape index (κ3) is 1.66. The van der Waals surface area contributed by atoms with Crippen LogP contribution in [-0.2, 0) is 4.79 Å². The SMILES string of the molecule is C[C@]12CC[C@H]3C(=C1CC[C@@H]2O)C=CC1=CC(=O)CC[C@@]13C. The second-order valence-electron chi connectivity index (χ2n) is 7.81. The van der Waals surface area contributed by atoms with Gasteiger partial charge in [-0.3, -0.25) is 4.79 Å². The topological polar surface area (TPSA) is 37.3 Å². The van der Waals surface area contributed by atoms with E-state index >= 15 is 0 Å². The van der Waals surface area contributed by atoms with Gasteiger partial charge in [0.2, 0.25) is 0 Å². The van der Waals surface area contributed by atoms with Crippen LogP contribution < -0.4 is 0 Å². The fourth-order valence-electron chi connectivity index (χ4n) is 5.30. The molecule has 0 spiro atoms. The minimum Gasteiger partial charge on any atom is -0.392 e. The highest BCUT2D eigenvalue weighted by Gasteiger charge is 2.52. The molecule has 0 aromatic carbocycles. The van der Waals surface area contributed by atoms with Crippen molar-refractivity contribution in [3.63, 3.8) is 0 Å². The van der Waals surface area contributed by atoms with Gasteiger partial charge in [0.25, 0.3) is 0 Å². The molecule has 21 heavy (non-hydrogen) atoms. The normalized spacial score (nSPS) is 45.1. The van der Waals surface area contributed by atoms with Crippen LogP contribution in [0.5, 0.6) is 0 Å². The second kappa shape index (κ2) is 4.19. The van der Waals surface area contributed by atoms with Crippen molar-refractivity contribution in [3.8, 4) is 0 Å². The van der Waals surface area contributed by atoms with Crippen LogP contribution in [0.3, 0.4) is 0 Å². The number of aliphatic hydroxyl groups is 1. The van der Waals surface area contributed by atoms with Crippen molar-refractivity contribution in [1.82, 2.24) is 0 Å². The van der Waals surface area contributed by atoms with Crippen molar-refractivity contribution in [2.24, 2.45) is 16.7 Å². The number of allylic oxidation sites excluding steroid dienone is 5. The third-order valence-electron chi connectivity index (χ3n) is 6.85. The Kier molecular flexibility index (Phi) is 2.70. The first kappa shape index (κ1) is 13.5. The van der Waals surface area contributed by atoms with Gasteiger partial charge >= 0.3 is 0 Å². The van der Waals surface area contributed by atoms with Crippen LogP contribution in [0.1, 0.15) is 52.4 Å². The predicted octanol–water partition coefficient (Wildman–Crippen LogP) is 3.72. The molecule has 1 fully saturated rings. The van der Waals surface area contributed by atoms with E-state index in [9.17, 15) is 9.90 Å². The van der Waals surface area contributed by atoms with Gasteiger partial charge in [0.15, 0.2) is 5.78 Å². The van der Waals surface area contributed by atoms with Crippen LogP contribution in [0.2, 0.25) is 0 Å². The summed E-state index contributed by atoms with van der Waals surface area (Å²) in [6, 6.07) is 0. The Morgan fingerprint density at radius 1 is 1.10 bits per heavy atom. The van der Waals surface area contributed by atoms with Gasteiger partial charge in [-0.2, -0.15) is 0 Å². The lowest BCUT2D eigenvalue weighted by atomic mass is 9.54. The van der Waals surface area contributed by atoms with E-state index in [0.29, 0.717) is 12.3 Å². The molecule has 2 nitrogen and oxygen atoms in total. The molecule has 112 valence electrons. The largest absolute Gasteiger partial charge is 0.392 e. The maximum atomic E-state index is 11.7. The minimum absolute atomic E-state index is 0.00175. The van der Waals surface area contributed by atoms with Gasteiger partial charge in [0, 0.05) is 11.8 Å². The number of carbonyl (C=O) groups is 1. The molecule has 4 rings (SSSR count). The summed E-state index contributed by atoms with van der Waals surface area (Å²) < 4.78 is 0. The monoisotopic (exact) mass is 284 g/mol. The fraction of sp³-hybridized carbons (Fsp3) is 0.632.